The van der Waals surface area contributed by atoms with E-state index in [2.05, 4.69) is 25.1 Å². The number of aryl methyl sites for hydroxylation is 1. The Morgan fingerprint density at radius 3 is 2.40 bits per heavy atom. The average molecular weight is 270 g/mol. The van der Waals surface area contributed by atoms with Gasteiger partial charge in [0.05, 0.1) is 0 Å². The van der Waals surface area contributed by atoms with Gasteiger partial charge in [-0.1, -0.05) is 57.2 Å². The SMILES string of the molecule is CCCCCCCCc1ccc2c(N)cc(N)cc2c1. The number of anilines is 2. The van der Waals surface area contributed by atoms with Crippen LogP contribution in [0.2, 0.25) is 0 Å². The van der Waals surface area contributed by atoms with Gasteiger partial charge >= 0.3 is 0 Å². The van der Waals surface area contributed by atoms with Gasteiger partial charge in [-0.25, -0.2) is 0 Å². The fourth-order valence-electron chi connectivity index (χ4n) is 2.74. The summed E-state index contributed by atoms with van der Waals surface area (Å²) >= 11 is 0. The second-order valence-corrected chi connectivity index (χ2v) is 5.68. The van der Waals surface area contributed by atoms with E-state index in [0.29, 0.717) is 0 Å². The maximum absolute atomic E-state index is 6.00. The smallest absolute Gasteiger partial charge is 0.0414 e. The molecule has 2 aromatic carbocycles. The number of fused-ring (bicyclic) bond motifs is 1. The van der Waals surface area contributed by atoms with Gasteiger partial charge in [-0.2, -0.15) is 0 Å². The second-order valence-electron chi connectivity index (χ2n) is 5.68. The van der Waals surface area contributed by atoms with Crippen molar-refractivity contribution in [3.63, 3.8) is 0 Å². The number of unbranched alkanes of at least 4 members (excludes halogenated alkanes) is 5. The van der Waals surface area contributed by atoms with Crippen molar-refractivity contribution in [1.29, 1.82) is 0 Å². The van der Waals surface area contributed by atoms with Gasteiger partial charge in [0.15, 0.2) is 0 Å². The summed E-state index contributed by atoms with van der Waals surface area (Å²) in [6, 6.07) is 10.4. The highest BCUT2D eigenvalue weighted by atomic mass is 14.6. The molecule has 2 rings (SSSR count). The highest BCUT2D eigenvalue weighted by Gasteiger charge is 2.02. The summed E-state index contributed by atoms with van der Waals surface area (Å²) in [4.78, 5) is 0. The minimum Gasteiger partial charge on any atom is -0.399 e. The minimum absolute atomic E-state index is 0.742. The number of hydrogen-bond acceptors (Lipinski definition) is 2. The molecule has 0 bridgehead atoms. The van der Waals surface area contributed by atoms with Gasteiger partial charge in [-0.3, -0.25) is 0 Å². The highest BCUT2D eigenvalue weighted by molar-refractivity contribution is 5.95. The van der Waals surface area contributed by atoms with Crippen molar-refractivity contribution >= 4 is 22.1 Å². The fourth-order valence-corrected chi connectivity index (χ4v) is 2.74. The van der Waals surface area contributed by atoms with Crippen LogP contribution in [0.1, 0.15) is 51.0 Å². The van der Waals surface area contributed by atoms with Crippen LogP contribution < -0.4 is 11.5 Å². The molecule has 0 atom stereocenters. The number of nitrogen functional groups attached to an aromatic ring is 2. The molecule has 2 nitrogen and oxygen atoms in total. The molecule has 0 fully saturated rings. The van der Waals surface area contributed by atoms with Crippen LogP contribution >= 0.6 is 0 Å². The van der Waals surface area contributed by atoms with E-state index < -0.39 is 0 Å². The molecule has 4 N–H and O–H groups in total. The van der Waals surface area contributed by atoms with Crippen LogP contribution in [0.5, 0.6) is 0 Å². The van der Waals surface area contributed by atoms with E-state index in [-0.39, 0.29) is 0 Å². The molecule has 0 aliphatic carbocycles. The third-order valence-corrected chi connectivity index (χ3v) is 3.89. The Balaban J connectivity index is 1.94. The van der Waals surface area contributed by atoms with Gasteiger partial charge in [-0.05, 0) is 35.9 Å². The first-order chi connectivity index (χ1) is 9.70. The number of hydrogen-bond donors (Lipinski definition) is 2. The Morgan fingerprint density at radius 1 is 0.850 bits per heavy atom. The molecule has 20 heavy (non-hydrogen) atoms. The predicted molar refractivity (Wildman–Crippen MR) is 89.9 cm³/mol. The lowest BCUT2D eigenvalue weighted by atomic mass is 10.0. The molecule has 0 aliphatic heterocycles. The topological polar surface area (TPSA) is 52.0 Å². The highest BCUT2D eigenvalue weighted by Crippen LogP contribution is 2.26. The van der Waals surface area contributed by atoms with Crippen molar-refractivity contribution in [2.75, 3.05) is 11.5 Å². The van der Waals surface area contributed by atoms with Gasteiger partial charge in [0, 0.05) is 16.8 Å². The largest absolute Gasteiger partial charge is 0.399 e. The van der Waals surface area contributed by atoms with Crippen molar-refractivity contribution in [1.82, 2.24) is 0 Å². The third kappa shape index (κ3) is 3.89. The van der Waals surface area contributed by atoms with Gasteiger partial charge in [0.1, 0.15) is 0 Å². The summed E-state index contributed by atoms with van der Waals surface area (Å²) < 4.78 is 0. The maximum Gasteiger partial charge on any atom is 0.0414 e. The Labute approximate surface area is 122 Å². The summed E-state index contributed by atoms with van der Waals surface area (Å²) in [5, 5.41) is 2.26. The molecular formula is C18H26N2. The van der Waals surface area contributed by atoms with Gasteiger partial charge in [0.25, 0.3) is 0 Å². The lowest BCUT2D eigenvalue weighted by Crippen LogP contribution is -1.93. The number of nitrogens with two attached hydrogens (primary N) is 2. The molecule has 0 heterocycles. The summed E-state index contributed by atoms with van der Waals surface area (Å²) in [5.41, 5.74) is 14.8. The average Bonchev–Trinajstić information content (AvgIpc) is 2.42. The summed E-state index contributed by atoms with van der Waals surface area (Å²) in [7, 11) is 0. The van der Waals surface area contributed by atoms with Crippen LogP contribution in [0, 0.1) is 0 Å². The Bertz CT molecular complexity index is 561. The molecule has 0 amide bonds. The quantitative estimate of drug-likeness (QED) is 0.555. The van der Waals surface area contributed by atoms with Crippen molar-refractivity contribution in [3.8, 4) is 0 Å². The lowest BCUT2D eigenvalue weighted by molar-refractivity contribution is 0.607. The normalized spacial score (nSPS) is 11.1. The van der Waals surface area contributed by atoms with E-state index in [1.165, 1.54) is 44.1 Å². The molecule has 108 valence electrons. The summed E-state index contributed by atoms with van der Waals surface area (Å²) in [6.45, 7) is 2.26. The van der Waals surface area contributed by atoms with Crippen LogP contribution in [0.4, 0.5) is 11.4 Å². The number of benzene rings is 2. The first kappa shape index (κ1) is 14.7. The van der Waals surface area contributed by atoms with E-state index in [9.17, 15) is 0 Å². The van der Waals surface area contributed by atoms with Gasteiger partial charge < -0.3 is 11.5 Å². The Hall–Kier alpha value is -1.70. The second kappa shape index (κ2) is 7.18. The third-order valence-electron chi connectivity index (χ3n) is 3.89. The van der Waals surface area contributed by atoms with Crippen molar-refractivity contribution in [2.24, 2.45) is 0 Å². The molecular weight excluding hydrogens is 244 g/mol. The van der Waals surface area contributed by atoms with Crippen LogP contribution in [0.15, 0.2) is 30.3 Å². The molecule has 2 heteroatoms. The molecule has 0 saturated heterocycles. The van der Waals surface area contributed by atoms with Crippen LogP contribution in [-0.4, -0.2) is 0 Å². The molecule has 0 unspecified atom stereocenters. The lowest BCUT2D eigenvalue weighted by Gasteiger charge is -2.07. The first-order valence-electron chi connectivity index (χ1n) is 7.78. The van der Waals surface area contributed by atoms with Crippen molar-refractivity contribution in [2.45, 2.75) is 51.9 Å². The van der Waals surface area contributed by atoms with Gasteiger partial charge in [0.2, 0.25) is 0 Å². The Morgan fingerprint density at radius 2 is 1.60 bits per heavy atom. The van der Waals surface area contributed by atoms with Crippen LogP contribution in [0.25, 0.3) is 10.8 Å². The monoisotopic (exact) mass is 270 g/mol. The minimum atomic E-state index is 0.742. The van der Waals surface area contributed by atoms with E-state index in [1.54, 1.807) is 0 Å². The van der Waals surface area contributed by atoms with Gasteiger partial charge in [-0.15, -0.1) is 0 Å². The van der Waals surface area contributed by atoms with E-state index in [0.717, 1.165) is 28.6 Å². The predicted octanol–water partition coefficient (Wildman–Crippen LogP) is 4.91. The molecule has 0 spiro atoms. The molecule has 0 saturated carbocycles. The standard InChI is InChI=1S/C18H26N2/c1-2-3-4-5-6-7-8-14-9-10-17-15(11-14)12-16(19)13-18(17)20/h9-13H,2-8,19-20H2,1H3. The van der Waals surface area contributed by atoms with Crippen LogP contribution in [0.3, 0.4) is 0 Å². The van der Waals surface area contributed by atoms with E-state index >= 15 is 0 Å². The van der Waals surface area contributed by atoms with Crippen LogP contribution in [-0.2, 0) is 6.42 Å². The summed E-state index contributed by atoms with van der Waals surface area (Å²) in [6.07, 6.45) is 9.17. The fraction of sp³-hybridized carbons (Fsp3) is 0.444. The molecule has 0 radical (unpaired) electrons. The number of rotatable bonds is 7. The van der Waals surface area contributed by atoms with E-state index in [4.69, 9.17) is 11.5 Å². The Kier molecular flexibility index (Phi) is 5.28. The molecule has 2 aromatic rings. The first-order valence-corrected chi connectivity index (χ1v) is 7.78. The molecule has 0 aromatic heterocycles. The maximum atomic E-state index is 6.00. The zero-order valence-corrected chi connectivity index (χ0v) is 12.5. The van der Waals surface area contributed by atoms with Crippen molar-refractivity contribution < 1.29 is 0 Å². The zero-order valence-electron chi connectivity index (χ0n) is 12.5. The zero-order chi connectivity index (χ0) is 14.4. The summed E-state index contributed by atoms with van der Waals surface area (Å²) in [5.74, 6) is 0. The molecule has 0 aliphatic rings. The van der Waals surface area contributed by atoms with Crippen molar-refractivity contribution in [3.05, 3.63) is 35.9 Å². The van der Waals surface area contributed by atoms with E-state index in [1.807, 2.05) is 12.1 Å².